The molecule has 1 aromatic carbocycles. The number of hydrogen-bond acceptors (Lipinski definition) is 4. The van der Waals surface area contributed by atoms with Crippen molar-refractivity contribution in [2.45, 2.75) is 38.0 Å². The van der Waals surface area contributed by atoms with E-state index in [2.05, 4.69) is 15.3 Å². The zero-order valence-electron chi connectivity index (χ0n) is 17.6. The Morgan fingerprint density at radius 2 is 1.91 bits per heavy atom. The molecule has 1 N–H and O–H groups in total. The van der Waals surface area contributed by atoms with Crippen LogP contribution in [-0.2, 0) is 0 Å². The quantitative estimate of drug-likeness (QED) is 0.393. The van der Waals surface area contributed by atoms with Crippen molar-refractivity contribution in [3.8, 4) is 17.1 Å². The van der Waals surface area contributed by atoms with Crippen LogP contribution in [0.15, 0.2) is 42.6 Å². The second-order valence-corrected chi connectivity index (χ2v) is 8.18. The summed E-state index contributed by atoms with van der Waals surface area (Å²) in [5.41, 5.74) is -0.424. The van der Waals surface area contributed by atoms with Crippen LogP contribution in [0.25, 0.3) is 11.3 Å². The average Bonchev–Trinajstić information content (AvgIpc) is 3.62. The standard InChI is InChI=1S/C23H17ClF5N3O2/c1-11(23(27,28)29)34-22-14(21(33)31-20-15(24)3-2-4-16(20)25)9-17(26)19(32-22)13-7-8-18(30-10-13)12-5-6-12/h2-4,7-12H,5-6H2,1H3,(H,31,33)/t11-/m0/s1. The van der Waals surface area contributed by atoms with Gasteiger partial charge in [0.05, 0.1) is 10.7 Å². The smallest absolute Gasteiger partial charge is 0.425 e. The summed E-state index contributed by atoms with van der Waals surface area (Å²) < 4.78 is 73.4. The van der Waals surface area contributed by atoms with Crippen molar-refractivity contribution in [2.24, 2.45) is 0 Å². The monoisotopic (exact) mass is 497 g/mol. The van der Waals surface area contributed by atoms with Gasteiger partial charge in [0.25, 0.3) is 5.91 Å². The van der Waals surface area contributed by atoms with E-state index < -0.39 is 47.0 Å². The first-order valence-corrected chi connectivity index (χ1v) is 10.6. The molecular weight excluding hydrogens is 481 g/mol. The minimum Gasteiger partial charge on any atom is -0.464 e. The SMILES string of the molecule is C[C@H](Oc1nc(-c2ccc(C3CC3)nc2)c(F)cc1C(=O)Nc1c(F)cccc1Cl)C(F)(F)F. The average molecular weight is 498 g/mol. The molecule has 0 bridgehead atoms. The van der Waals surface area contributed by atoms with Crippen LogP contribution < -0.4 is 10.1 Å². The number of nitrogens with one attached hydrogen (secondary N) is 1. The Bertz CT molecular complexity index is 1210. The van der Waals surface area contributed by atoms with Crippen LogP contribution in [0, 0.1) is 11.6 Å². The lowest BCUT2D eigenvalue weighted by atomic mass is 10.1. The van der Waals surface area contributed by atoms with E-state index in [0.717, 1.165) is 24.6 Å². The number of rotatable bonds is 6. The number of anilines is 1. The van der Waals surface area contributed by atoms with E-state index in [4.69, 9.17) is 16.3 Å². The Kier molecular flexibility index (Phi) is 6.44. The number of amides is 1. The summed E-state index contributed by atoms with van der Waals surface area (Å²) in [6.07, 6.45) is -3.79. The Labute approximate surface area is 195 Å². The molecule has 34 heavy (non-hydrogen) atoms. The van der Waals surface area contributed by atoms with Gasteiger partial charge in [0.15, 0.2) is 11.9 Å². The first-order valence-electron chi connectivity index (χ1n) is 10.2. The number of alkyl halides is 3. The van der Waals surface area contributed by atoms with Gasteiger partial charge in [-0.3, -0.25) is 9.78 Å². The molecule has 1 aliphatic carbocycles. The van der Waals surface area contributed by atoms with Crippen molar-refractivity contribution in [3.05, 3.63) is 70.5 Å². The number of aromatic nitrogens is 2. The molecule has 2 heterocycles. The van der Waals surface area contributed by atoms with Crippen molar-refractivity contribution < 1.29 is 31.5 Å². The van der Waals surface area contributed by atoms with E-state index in [1.807, 2.05) is 0 Å². The highest BCUT2D eigenvalue weighted by molar-refractivity contribution is 6.34. The van der Waals surface area contributed by atoms with Gasteiger partial charge in [-0.05, 0) is 50.1 Å². The molecule has 0 radical (unpaired) electrons. The molecule has 178 valence electrons. The number of hydrogen-bond donors (Lipinski definition) is 1. The highest BCUT2D eigenvalue weighted by Gasteiger charge is 2.39. The van der Waals surface area contributed by atoms with Crippen LogP contribution >= 0.6 is 11.6 Å². The molecule has 0 spiro atoms. The minimum absolute atomic E-state index is 0.161. The molecule has 0 saturated heterocycles. The lowest BCUT2D eigenvalue weighted by Crippen LogP contribution is -2.32. The second kappa shape index (κ2) is 9.17. The Hall–Kier alpha value is -3.27. The highest BCUT2D eigenvalue weighted by atomic mass is 35.5. The number of pyridine rings is 2. The van der Waals surface area contributed by atoms with Gasteiger partial charge < -0.3 is 10.1 Å². The van der Waals surface area contributed by atoms with E-state index in [1.165, 1.54) is 18.3 Å². The fraction of sp³-hybridized carbons (Fsp3) is 0.261. The van der Waals surface area contributed by atoms with Crippen LogP contribution in [0.3, 0.4) is 0 Å². The van der Waals surface area contributed by atoms with Gasteiger partial charge in [-0.2, -0.15) is 13.2 Å². The molecule has 11 heteroatoms. The molecule has 1 fully saturated rings. The third-order valence-corrected chi connectivity index (χ3v) is 5.51. The van der Waals surface area contributed by atoms with Gasteiger partial charge in [-0.1, -0.05) is 17.7 Å². The number of carbonyl (C=O) groups is 1. The fourth-order valence-corrected chi connectivity index (χ4v) is 3.34. The molecule has 1 saturated carbocycles. The third kappa shape index (κ3) is 5.11. The molecule has 1 atom stereocenters. The molecule has 0 unspecified atom stereocenters. The van der Waals surface area contributed by atoms with Crippen molar-refractivity contribution >= 4 is 23.2 Å². The predicted octanol–water partition coefficient (Wildman–Crippen LogP) is 6.53. The maximum absolute atomic E-state index is 15.0. The minimum atomic E-state index is -4.79. The Morgan fingerprint density at radius 3 is 2.50 bits per heavy atom. The summed E-state index contributed by atoms with van der Waals surface area (Å²) >= 11 is 5.89. The van der Waals surface area contributed by atoms with E-state index in [1.54, 1.807) is 12.1 Å². The summed E-state index contributed by atoms with van der Waals surface area (Å²) in [5.74, 6) is -3.49. The van der Waals surface area contributed by atoms with E-state index in [9.17, 15) is 26.7 Å². The summed E-state index contributed by atoms with van der Waals surface area (Å²) in [7, 11) is 0. The zero-order valence-corrected chi connectivity index (χ0v) is 18.3. The van der Waals surface area contributed by atoms with Gasteiger partial charge in [0, 0.05) is 23.4 Å². The van der Waals surface area contributed by atoms with Crippen molar-refractivity contribution in [1.82, 2.24) is 9.97 Å². The molecule has 0 aliphatic heterocycles. The van der Waals surface area contributed by atoms with Gasteiger partial charge >= 0.3 is 6.18 Å². The topological polar surface area (TPSA) is 64.1 Å². The fourth-order valence-electron chi connectivity index (χ4n) is 3.13. The number of carbonyl (C=O) groups excluding carboxylic acids is 1. The summed E-state index contributed by atoms with van der Waals surface area (Å²) in [5, 5.41) is 1.97. The lowest BCUT2D eigenvalue weighted by Gasteiger charge is -2.20. The molecule has 4 rings (SSSR count). The molecule has 3 aromatic rings. The maximum Gasteiger partial charge on any atom is 0.425 e. The first kappa shape index (κ1) is 23.9. The van der Waals surface area contributed by atoms with Gasteiger partial charge in [-0.15, -0.1) is 0 Å². The number of benzene rings is 1. The molecule has 5 nitrogen and oxygen atoms in total. The molecular formula is C23H17ClF5N3O2. The van der Waals surface area contributed by atoms with Crippen molar-refractivity contribution in [2.75, 3.05) is 5.32 Å². The lowest BCUT2D eigenvalue weighted by molar-refractivity contribution is -0.190. The zero-order chi connectivity index (χ0) is 24.6. The van der Waals surface area contributed by atoms with Crippen LogP contribution in [0.1, 0.15) is 41.7 Å². The van der Waals surface area contributed by atoms with Crippen LogP contribution in [0.5, 0.6) is 5.88 Å². The molecule has 1 aliphatic rings. The summed E-state index contributed by atoms with van der Waals surface area (Å²) in [4.78, 5) is 20.9. The Balaban J connectivity index is 1.73. The summed E-state index contributed by atoms with van der Waals surface area (Å²) in [6, 6.07) is 7.52. The predicted molar refractivity (Wildman–Crippen MR) is 115 cm³/mol. The normalized spacial score (nSPS) is 14.6. The van der Waals surface area contributed by atoms with Crippen molar-refractivity contribution in [1.29, 1.82) is 0 Å². The van der Waals surface area contributed by atoms with E-state index in [0.29, 0.717) is 18.9 Å². The van der Waals surface area contributed by atoms with Crippen LogP contribution in [-0.4, -0.2) is 28.2 Å². The molecule has 1 amide bonds. The number of nitrogens with zero attached hydrogens (tertiary/aromatic N) is 2. The highest BCUT2D eigenvalue weighted by Crippen LogP contribution is 2.39. The van der Waals surface area contributed by atoms with Crippen LogP contribution in [0.2, 0.25) is 5.02 Å². The number of halogens is 6. The Morgan fingerprint density at radius 1 is 1.18 bits per heavy atom. The summed E-state index contributed by atoms with van der Waals surface area (Å²) in [6.45, 7) is 0.714. The second-order valence-electron chi connectivity index (χ2n) is 7.77. The van der Waals surface area contributed by atoms with Gasteiger partial charge in [-0.25, -0.2) is 13.8 Å². The van der Waals surface area contributed by atoms with Crippen LogP contribution in [0.4, 0.5) is 27.6 Å². The molecule has 2 aromatic heterocycles. The maximum atomic E-state index is 15.0. The van der Waals surface area contributed by atoms with Crippen molar-refractivity contribution in [3.63, 3.8) is 0 Å². The number of ether oxygens (including phenoxy) is 1. The van der Waals surface area contributed by atoms with E-state index in [-0.39, 0.29) is 16.3 Å². The number of para-hydroxylation sites is 1. The van der Waals surface area contributed by atoms with E-state index >= 15 is 0 Å². The first-order chi connectivity index (χ1) is 16.0. The van der Waals surface area contributed by atoms with Gasteiger partial charge in [0.1, 0.15) is 17.1 Å². The largest absolute Gasteiger partial charge is 0.464 e. The van der Waals surface area contributed by atoms with Gasteiger partial charge in [0.2, 0.25) is 5.88 Å². The third-order valence-electron chi connectivity index (χ3n) is 5.19.